The van der Waals surface area contributed by atoms with Crippen LogP contribution in [0, 0.1) is 6.92 Å². The predicted octanol–water partition coefficient (Wildman–Crippen LogP) is 2.83. The zero-order valence-electron chi connectivity index (χ0n) is 11.8. The lowest BCUT2D eigenvalue weighted by molar-refractivity contribution is 0.873. The summed E-state index contributed by atoms with van der Waals surface area (Å²) < 4.78 is 2.29. The highest BCUT2D eigenvalue weighted by molar-refractivity contribution is 7.17. The van der Waals surface area contributed by atoms with Crippen molar-refractivity contribution in [2.75, 3.05) is 6.54 Å². The van der Waals surface area contributed by atoms with Gasteiger partial charge in [0.05, 0.1) is 11.4 Å². The molecular formula is C15H18N4S. The molecule has 20 heavy (non-hydrogen) atoms. The lowest BCUT2D eigenvalue weighted by Crippen LogP contribution is -2.07. The SMILES string of the molecule is CCc1c(C)sc2nc(-c3ccncc3)c(CCN)n12. The third-order valence-electron chi connectivity index (χ3n) is 3.53. The molecule has 3 aromatic heterocycles. The number of nitrogens with two attached hydrogens (primary N) is 1. The lowest BCUT2D eigenvalue weighted by atomic mass is 10.1. The molecule has 0 bridgehead atoms. The second kappa shape index (κ2) is 5.34. The van der Waals surface area contributed by atoms with Gasteiger partial charge < -0.3 is 5.73 Å². The number of nitrogens with zero attached hydrogens (tertiary/aromatic N) is 3. The highest BCUT2D eigenvalue weighted by Gasteiger charge is 2.18. The predicted molar refractivity (Wildman–Crippen MR) is 83.2 cm³/mol. The van der Waals surface area contributed by atoms with Gasteiger partial charge in [0.1, 0.15) is 0 Å². The molecule has 0 aliphatic heterocycles. The Hall–Kier alpha value is -1.72. The minimum atomic E-state index is 0.629. The fourth-order valence-electron chi connectivity index (χ4n) is 2.65. The summed E-state index contributed by atoms with van der Waals surface area (Å²) in [5.41, 5.74) is 10.5. The van der Waals surface area contributed by atoms with Crippen molar-refractivity contribution >= 4 is 16.3 Å². The largest absolute Gasteiger partial charge is 0.330 e. The van der Waals surface area contributed by atoms with Crippen LogP contribution in [0.15, 0.2) is 24.5 Å². The minimum Gasteiger partial charge on any atom is -0.330 e. The molecular weight excluding hydrogens is 268 g/mol. The number of aryl methyl sites for hydroxylation is 2. The standard InChI is InChI=1S/C15H18N4S/c1-3-12-10(2)20-15-18-14(11-5-8-17-9-6-11)13(4-7-16)19(12)15/h5-6,8-9H,3-4,7,16H2,1-2H3. The molecule has 0 atom stereocenters. The van der Waals surface area contributed by atoms with E-state index in [4.69, 9.17) is 10.7 Å². The monoisotopic (exact) mass is 286 g/mol. The summed E-state index contributed by atoms with van der Waals surface area (Å²) in [6.07, 6.45) is 5.46. The van der Waals surface area contributed by atoms with E-state index in [1.54, 1.807) is 23.7 Å². The fraction of sp³-hybridized carbons (Fsp3) is 0.333. The number of rotatable bonds is 4. The Morgan fingerprint density at radius 2 is 2.00 bits per heavy atom. The molecule has 0 aliphatic rings. The van der Waals surface area contributed by atoms with Crippen molar-refractivity contribution in [3.05, 3.63) is 40.8 Å². The molecule has 3 rings (SSSR count). The van der Waals surface area contributed by atoms with Crippen LogP contribution in [0.25, 0.3) is 16.2 Å². The lowest BCUT2D eigenvalue weighted by Gasteiger charge is -2.05. The summed E-state index contributed by atoms with van der Waals surface area (Å²) in [6, 6.07) is 4.01. The van der Waals surface area contributed by atoms with Crippen LogP contribution in [0.1, 0.15) is 23.2 Å². The van der Waals surface area contributed by atoms with Crippen LogP contribution in [0.3, 0.4) is 0 Å². The Bertz CT molecular complexity index is 727. The number of thiazole rings is 1. The van der Waals surface area contributed by atoms with Gasteiger partial charge in [-0.1, -0.05) is 6.92 Å². The summed E-state index contributed by atoms with van der Waals surface area (Å²) in [5.74, 6) is 0. The minimum absolute atomic E-state index is 0.629. The Morgan fingerprint density at radius 1 is 1.25 bits per heavy atom. The summed E-state index contributed by atoms with van der Waals surface area (Å²) in [5, 5.41) is 0. The second-order valence-electron chi connectivity index (χ2n) is 4.76. The Balaban J connectivity index is 2.28. The first kappa shape index (κ1) is 13.3. The number of hydrogen-bond acceptors (Lipinski definition) is 4. The van der Waals surface area contributed by atoms with Gasteiger partial charge in [0.15, 0.2) is 4.96 Å². The molecule has 0 saturated heterocycles. The molecule has 0 radical (unpaired) electrons. The molecule has 2 N–H and O–H groups in total. The highest BCUT2D eigenvalue weighted by atomic mass is 32.1. The molecule has 0 aromatic carbocycles. The van der Waals surface area contributed by atoms with E-state index in [1.165, 1.54) is 16.3 Å². The first-order valence-corrected chi connectivity index (χ1v) is 7.68. The van der Waals surface area contributed by atoms with Crippen molar-refractivity contribution in [3.63, 3.8) is 0 Å². The molecule has 0 fully saturated rings. The van der Waals surface area contributed by atoms with E-state index in [9.17, 15) is 0 Å². The number of imidazole rings is 1. The van der Waals surface area contributed by atoms with Crippen molar-refractivity contribution in [3.8, 4) is 11.3 Å². The van der Waals surface area contributed by atoms with Crippen LogP contribution < -0.4 is 5.73 Å². The zero-order valence-corrected chi connectivity index (χ0v) is 12.6. The Labute approximate surface area is 122 Å². The summed E-state index contributed by atoms with van der Waals surface area (Å²) in [6.45, 7) is 4.98. The van der Waals surface area contributed by atoms with E-state index in [2.05, 4.69) is 23.2 Å². The Morgan fingerprint density at radius 3 is 2.65 bits per heavy atom. The molecule has 0 unspecified atom stereocenters. The number of hydrogen-bond donors (Lipinski definition) is 1. The summed E-state index contributed by atoms with van der Waals surface area (Å²) >= 11 is 1.75. The number of fused-ring (bicyclic) bond motifs is 1. The van der Waals surface area contributed by atoms with E-state index in [0.717, 1.165) is 29.1 Å². The summed E-state index contributed by atoms with van der Waals surface area (Å²) in [7, 11) is 0. The maximum Gasteiger partial charge on any atom is 0.194 e. The molecule has 0 amide bonds. The molecule has 5 heteroatoms. The van der Waals surface area contributed by atoms with Gasteiger partial charge in [-0.15, -0.1) is 11.3 Å². The van der Waals surface area contributed by atoms with Gasteiger partial charge in [0, 0.05) is 34.9 Å². The summed E-state index contributed by atoms with van der Waals surface area (Å²) in [4.78, 5) is 11.3. The highest BCUT2D eigenvalue weighted by Crippen LogP contribution is 2.31. The quantitative estimate of drug-likeness (QED) is 0.802. The fourth-order valence-corrected chi connectivity index (χ4v) is 3.72. The van der Waals surface area contributed by atoms with E-state index in [1.807, 2.05) is 12.1 Å². The van der Waals surface area contributed by atoms with Gasteiger partial charge in [0.2, 0.25) is 0 Å². The normalized spacial score (nSPS) is 11.3. The molecule has 4 nitrogen and oxygen atoms in total. The molecule has 3 aromatic rings. The van der Waals surface area contributed by atoms with Gasteiger partial charge in [0.25, 0.3) is 0 Å². The van der Waals surface area contributed by atoms with Crippen LogP contribution in [0.5, 0.6) is 0 Å². The molecule has 0 saturated carbocycles. The van der Waals surface area contributed by atoms with Crippen LogP contribution in [-0.4, -0.2) is 20.9 Å². The maximum atomic E-state index is 5.81. The van der Waals surface area contributed by atoms with Crippen molar-refractivity contribution in [2.45, 2.75) is 26.7 Å². The third-order valence-corrected chi connectivity index (χ3v) is 4.53. The number of pyridine rings is 1. The van der Waals surface area contributed by atoms with Crippen LogP contribution in [-0.2, 0) is 12.8 Å². The average Bonchev–Trinajstić information content (AvgIpc) is 2.96. The van der Waals surface area contributed by atoms with E-state index >= 15 is 0 Å². The van der Waals surface area contributed by atoms with Crippen LogP contribution >= 0.6 is 11.3 Å². The molecule has 0 aliphatic carbocycles. The Kier molecular flexibility index (Phi) is 3.54. The first-order valence-electron chi connectivity index (χ1n) is 6.86. The van der Waals surface area contributed by atoms with Gasteiger partial charge >= 0.3 is 0 Å². The van der Waals surface area contributed by atoms with Crippen molar-refractivity contribution < 1.29 is 0 Å². The average molecular weight is 286 g/mol. The van der Waals surface area contributed by atoms with E-state index in [0.29, 0.717) is 6.54 Å². The van der Waals surface area contributed by atoms with Crippen molar-refractivity contribution in [1.82, 2.24) is 14.4 Å². The topological polar surface area (TPSA) is 56.2 Å². The molecule has 104 valence electrons. The van der Waals surface area contributed by atoms with Crippen molar-refractivity contribution in [1.29, 1.82) is 0 Å². The molecule has 3 heterocycles. The van der Waals surface area contributed by atoms with Crippen molar-refractivity contribution in [2.24, 2.45) is 5.73 Å². The number of aromatic nitrogens is 3. The van der Waals surface area contributed by atoms with Crippen LogP contribution in [0.4, 0.5) is 0 Å². The van der Waals surface area contributed by atoms with Gasteiger partial charge in [-0.3, -0.25) is 9.38 Å². The molecule has 0 spiro atoms. The maximum absolute atomic E-state index is 5.81. The van der Waals surface area contributed by atoms with E-state index < -0.39 is 0 Å². The first-order chi connectivity index (χ1) is 9.76. The smallest absolute Gasteiger partial charge is 0.194 e. The van der Waals surface area contributed by atoms with Gasteiger partial charge in [-0.05, 0) is 32.0 Å². The van der Waals surface area contributed by atoms with Gasteiger partial charge in [-0.25, -0.2) is 4.98 Å². The van der Waals surface area contributed by atoms with E-state index in [-0.39, 0.29) is 0 Å². The van der Waals surface area contributed by atoms with Gasteiger partial charge in [-0.2, -0.15) is 0 Å². The second-order valence-corrected chi connectivity index (χ2v) is 5.94. The zero-order chi connectivity index (χ0) is 14.1. The third kappa shape index (κ3) is 2.03. The van der Waals surface area contributed by atoms with Crippen LogP contribution in [0.2, 0.25) is 0 Å².